The van der Waals surface area contributed by atoms with Crippen LogP contribution in [0.25, 0.3) is 11.0 Å². The van der Waals surface area contributed by atoms with Crippen molar-refractivity contribution in [2.45, 2.75) is 0 Å². The summed E-state index contributed by atoms with van der Waals surface area (Å²) < 4.78 is 10.0. The Morgan fingerprint density at radius 1 is 1.38 bits per heavy atom. The number of carbonyl (C=O) groups is 1. The first-order valence-electron chi connectivity index (χ1n) is 4.42. The van der Waals surface area contributed by atoms with Gasteiger partial charge in [-0.25, -0.2) is 4.79 Å². The van der Waals surface area contributed by atoms with E-state index < -0.39 is 5.63 Å². The van der Waals surface area contributed by atoms with Gasteiger partial charge in [0, 0.05) is 16.5 Å². The molecule has 16 heavy (non-hydrogen) atoms. The van der Waals surface area contributed by atoms with Crippen LogP contribution in [-0.4, -0.2) is 13.4 Å². The lowest BCUT2D eigenvalue weighted by Crippen LogP contribution is -2.05. The van der Waals surface area contributed by atoms with Crippen LogP contribution in [-0.2, 0) is 0 Å². The van der Waals surface area contributed by atoms with Gasteiger partial charge in [0.1, 0.15) is 5.56 Å². The van der Waals surface area contributed by atoms with E-state index in [1.165, 1.54) is 19.2 Å². The van der Waals surface area contributed by atoms with Crippen LogP contribution in [0.4, 0.5) is 0 Å². The van der Waals surface area contributed by atoms with E-state index in [0.29, 0.717) is 22.4 Å². The number of ether oxygens (including phenoxy) is 1. The Hall–Kier alpha value is -1.81. The van der Waals surface area contributed by atoms with E-state index in [1.807, 2.05) is 0 Å². The molecule has 0 radical (unpaired) electrons. The van der Waals surface area contributed by atoms with Crippen molar-refractivity contribution in [1.29, 1.82) is 0 Å². The summed E-state index contributed by atoms with van der Waals surface area (Å²) in [6, 6.07) is 4.55. The van der Waals surface area contributed by atoms with Crippen molar-refractivity contribution in [2.24, 2.45) is 0 Å². The SMILES string of the molecule is COc1cc(Cl)cc2cc(C=O)c(=O)oc12. The van der Waals surface area contributed by atoms with Crippen molar-refractivity contribution in [3.8, 4) is 5.75 Å². The highest BCUT2D eigenvalue weighted by molar-refractivity contribution is 6.31. The molecular weight excluding hydrogens is 232 g/mol. The Labute approximate surface area is 95.4 Å². The standard InChI is InChI=1S/C11H7ClO4/c1-15-9-4-8(12)3-6-2-7(5-13)11(14)16-10(6)9/h2-5H,1H3. The largest absolute Gasteiger partial charge is 0.493 e. The number of halogens is 1. The molecule has 1 aromatic heterocycles. The molecule has 0 unspecified atom stereocenters. The van der Waals surface area contributed by atoms with Crippen LogP contribution >= 0.6 is 11.6 Å². The quantitative estimate of drug-likeness (QED) is 0.595. The summed E-state index contributed by atoms with van der Waals surface area (Å²) in [5.41, 5.74) is -0.456. The molecule has 82 valence electrons. The van der Waals surface area contributed by atoms with Gasteiger partial charge in [-0.3, -0.25) is 4.79 Å². The maximum atomic E-state index is 11.3. The molecule has 0 atom stereocenters. The van der Waals surface area contributed by atoms with Crippen molar-refractivity contribution >= 4 is 28.9 Å². The molecule has 0 aliphatic carbocycles. The predicted molar refractivity (Wildman–Crippen MR) is 59.4 cm³/mol. The first-order chi connectivity index (χ1) is 7.65. The third kappa shape index (κ3) is 1.67. The zero-order chi connectivity index (χ0) is 11.7. The van der Waals surface area contributed by atoms with Crippen molar-refractivity contribution in [2.75, 3.05) is 7.11 Å². The average molecular weight is 239 g/mol. The summed E-state index contributed by atoms with van der Waals surface area (Å²) in [5, 5.41) is 0.987. The van der Waals surface area contributed by atoms with Gasteiger partial charge in [0.05, 0.1) is 7.11 Å². The van der Waals surface area contributed by atoms with Gasteiger partial charge in [-0.1, -0.05) is 11.6 Å². The number of benzene rings is 1. The lowest BCUT2D eigenvalue weighted by molar-refractivity contribution is 0.112. The summed E-state index contributed by atoms with van der Waals surface area (Å²) in [4.78, 5) is 21.9. The van der Waals surface area contributed by atoms with E-state index in [4.69, 9.17) is 20.8 Å². The van der Waals surface area contributed by atoms with Crippen molar-refractivity contribution in [1.82, 2.24) is 0 Å². The van der Waals surface area contributed by atoms with Gasteiger partial charge in [-0.2, -0.15) is 0 Å². The average Bonchev–Trinajstić information content (AvgIpc) is 2.28. The maximum absolute atomic E-state index is 11.3. The molecule has 2 aromatic rings. The third-order valence-electron chi connectivity index (χ3n) is 2.14. The second-order valence-corrected chi connectivity index (χ2v) is 3.57. The molecule has 5 heteroatoms. The highest BCUT2D eigenvalue weighted by atomic mass is 35.5. The second-order valence-electron chi connectivity index (χ2n) is 3.13. The molecule has 0 spiro atoms. The van der Waals surface area contributed by atoms with E-state index in [-0.39, 0.29) is 11.1 Å². The van der Waals surface area contributed by atoms with Gasteiger partial charge in [0.25, 0.3) is 0 Å². The molecule has 1 aromatic carbocycles. The summed E-state index contributed by atoms with van der Waals surface area (Å²) in [6.45, 7) is 0. The Morgan fingerprint density at radius 3 is 2.75 bits per heavy atom. The van der Waals surface area contributed by atoms with Gasteiger partial charge in [-0.05, 0) is 12.1 Å². The minimum Gasteiger partial charge on any atom is -0.493 e. The monoisotopic (exact) mass is 238 g/mol. The molecular formula is C11H7ClO4. The number of rotatable bonds is 2. The summed E-state index contributed by atoms with van der Waals surface area (Å²) >= 11 is 5.85. The van der Waals surface area contributed by atoms with Crippen molar-refractivity contribution < 1.29 is 13.9 Å². The first kappa shape index (κ1) is 10.7. The van der Waals surface area contributed by atoms with Crippen molar-refractivity contribution in [3.63, 3.8) is 0 Å². The predicted octanol–water partition coefficient (Wildman–Crippen LogP) is 2.27. The molecule has 4 nitrogen and oxygen atoms in total. The maximum Gasteiger partial charge on any atom is 0.347 e. The number of aldehydes is 1. The highest BCUT2D eigenvalue weighted by Gasteiger charge is 2.10. The number of carbonyl (C=O) groups excluding carboxylic acids is 1. The van der Waals surface area contributed by atoms with E-state index in [2.05, 4.69) is 0 Å². The minimum atomic E-state index is -0.692. The minimum absolute atomic E-state index is 0.0446. The zero-order valence-corrected chi connectivity index (χ0v) is 9.08. The van der Waals surface area contributed by atoms with Crippen LogP contribution < -0.4 is 10.4 Å². The van der Waals surface area contributed by atoms with E-state index in [0.717, 1.165) is 0 Å². The topological polar surface area (TPSA) is 56.5 Å². The number of methoxy groups -OCH3 is 1. The Bertz CT molecular complexity index is 615. The van der Waals surface area contributed by atoms with Crippen LogP contribution in [0, 0.1) is 0 Å². The number of fused-ring (bicyclic) bond motifs is 1. The fraction of sp³-hybridized carbons (Fsp3) is 0.0909. The van der Waals surface area contributed by atoms with Crippen molar-refractivity contribution in [3.05, 3.63) is 39.2 Å². The Kier molecular flexibility index (Phi) is 2.66. The molecule has 0 saturated heterocycles. The Balaban J connectivity index is 2.89. The molecule has 0 aliphatic heterocycles. The lowest BCUT2D eigenvalue weighted by atomic mass is 10.2. The van der Waals surface area contributed by atoms with E-state index >= 15 is 0 Å². The van der Waals surface area contributed by atoms with Gasteiger partial charge < -0.3 is 9.15 Å². The third-order valence-corrected chi connectivity index (χ3v) is 2.35. The fourth-order valence-electron chi connectivity index (χ4n) is 1.42. The van der Waals surface area contributed by atoms with Crippen LogP contribution in [0.1, 0.15) is 10.4 Å². The van der Waals surface area contributed by atoms with Gasteiger partial charge in [0.15, 0.2) is 17.6 Å². The van der Waals surface area contributed by atoms with Crippen LogP contribution in [0.3, 0.4) is 0 Å². The zero-order valence-electron chi connectivity index (χ0n) is 8.32. The number of hydrogen-bond acceptors (Lipinski definition) is 4. The molecule has 1 heterocycles. The van der Waals surface area contributed by atoms with Crippen LogP contribution in [0.15, 0.2) is 27.4 Å². The van der Waals surface area contributed by atoms with Gasteiger partial charge >= 0.3 is 5.63 Å². The van der Waals surface area contributed by atoms with Gasteiger partial charge in [0.2, 0.25) is 0 Å². The van der Waals surface area contributed by atoms with E-state index in [9.17, 15) is 9.59 Å². The van der Waals surface area contributed by atoms with Gasteiger partial charge in [-0.15, -0.1) is 0 Å². The molecule has 0 aliphatic rings. The smallest absolute Gasteiger partial charge is 0.347 e. The fourth-order valence-corrected chi connectivity index (χ4v) is 1.63. The molecule has 0 fully saturated rings. The Morgan fingerprint density at radius 2 is 2.12 bits per heavy atom. The molecule has 0 saturated carbocycles. The first-order valence-corrected chi connectivity index (χ1v) is 4.80. The highest BCUT2D eigenvalue weighted by Crippen LogP contribution is 2.28. The lowest BCUT2D eigenvalue weighted by Gasteiger charge is -2.04. The summed E-state index contributed by atoms with van der Waals surface area (Å²) in [7, 11) is 1.44. The molecule has 2 rings (SSSR count). The summed E-state index contributed by atoms with van der Waals surface area (Å²) in [5.74, 6) is 0.358. The summed E-state index contributed by atoms with van der Waals surface area (Å²) in [6.07, 6.45) is 0.443. The van der Waals surface area contributed by atoms with Crippen LogP contribution in [0.2, 0.25) is 5.02 Å². The van der Waals surface area contributed by atoms with Crippen LogP contribution in [0.5, 0.6) is 5.75 Å². The normalized spacial score (nSPS) is 10.4. The molecule has 0 bridgehead atoms. The second kappa shape index (κ2) is 3.98. The molecule has 0 amide bonds. The van der Waals surface area contributed by atoms with E-state index in [1.54, 1.807) is 6.07 Å². The number of hydrogen-bond donors (Lipinski definition) is 0. The molecule has 0 N–H and O–H groups in total.